The number of amides is 1. The van der Waals surface area contributed by atoms with Crippen LogP contribution in [-0.4, -0.2) is 39.3 Å². The number of carbonyl (C=O) groups excluding carboxylic acids is 1. The first-order chi connectivity index (χ1) is 8.83. The van der Waals surface area contributed by atoms with E-state index in [4.69, 9.17) is 4.74 Å². The molecule has 4 nitrogen and oxygen atoms in total. The van der Waals surface area contributed by atoms with E-state index in [9.17, 15) is 4.79 Å². The summed E-state index contributed by atoms with van der Waals surface area (Å²) in [5, 5.41) is 6.16. The van der Waals surface area contributed by atoms with Crippen LogP contribution in [0.4, 0.5) is 0 Å². The highest BCUT2D eigenvalue weighted by atomic mass is 35.5. The van der Waals surface area contributed by atoms with Gasteiger partial charge in [-0.2, -0.15) is 0 Å². The number of carbonyl (C=O) groups is 1. The molecule has 0 saturated carbocycles. The molecule has 0 saturated heterocycles. The zero-order valence-electron chi connectivity index (χ0n) is 11.1. The van der Waals surface area contributed by atoms with E-state index in [0.717, 1.165) is 19.5 Å². The Bertz CT molecular complexity index is 412. The standard InChI is InChI=1S/C14H20N2O2.ClH/c1-18-9-8-15-6-7-16-14(17)13-10-11-4-2-3-5-12(11)13;/h2-5,13,15H,6-10H2,1H3,(H,16,17);1H. The van der Waals surface area contributed by atoms with E-state index in [2.05, 4.69) is 16.7 Å². The maximum Gasteiger partial charge on any atom is 0.227 e. The van der Waals surface area contributed by atoms with E-state index in [0.29, 0.717) is 13.2 Å². The Balaban J connectivity index is 0.00000180. The third-order valence-electron chi connectivity index (χ3n) is 3.26. The fourth-order valence-electron chi connectivity index (χ4n) is 2.19. The number of halogens is 1. The summed E-state index contributed by atoms with van der Waals surface area (Å²) in [4.78, 5) is 11.9. The van der Waals surface area contributed by atoms with Crippen molar-refractivity contribution in [3.63, 3.8) is 0 Å². The minimum atomic E-state index is 0. The molecule has 0 fully saturated rings. The molecule has 0 radical (unpaired) electrons. The number of hydrogen-bond acceptors (Lipinski definition) is 3. The van der Waals surface area contributed by atoms with Crippen molar-refractivity contribution in [3.05, 3.63) is 35.4 Å². The SMILES string of the molecule is COCCNCCNC(=O)C1Cc2ccccc21.Cl. The molecule has 1 aliphatic carbocycles. The molecule has 0 spiro atoms. The smallest absolute Gasteiger partial charge is 0.227 e. The first-order valence-electron chi connectivity index (χ1n) is 6.38. The zero-order chi connectivity index (χ0) is 12.8. The summed E-state index contributed by atoms with van der Waals surface area (Å²) in [5.41, 5.74) is 2.48. The molecule has 2 N–H and O–H groups in total. The molecule has 1 aromatic carbocycles. The summed E-state index contributed by atoms with van der Waals surface area (Å²) in [6.45, 7) is 2.97. The number of benzene rings is 1. The van der Waals surface area contributed by atoms with E-state index in [-0.39, 0.29) is 24.2 Å². The lowest BCUT2D eigenvalue weighted by molar-refractivity contribution is -0.123. The lowest BCUT2D eigenvalue weighted by Crippen LogP contribution is -2.39. The van der Waals surface area contributed by atoms with Gasteiger partial charge in [-0.05, 0) is 17.5 Å². The summed E-state index contributed by atoms with van der Waals surface area (Å²) >= 11 is 0. The van der Waals surface area contributed by atoms with Crippen LogP contribution in [0.15, 0.2) is 24.3 Å². The van der Waals surface area contributed by atoms with Crippen molar-refractivity contribution in [2.24, 2.45) is 0 Å². The van der Waals surface area contributed by atoms with E-state index >= 15 is 0 Å². The van der Waals surface area contributed by atoms with Gasteiger partial charge in [0.1, 0.15) is 0 Å². The molecular weight excluding hydrogens is 264 g/mol. The van der Waals surface area contributed by atoms with Gasteiger partial charge in [-0.3, -0.25) is 4.79 Å². The van der Waals surface area contributed by atoms with Gasteiger partial charge in [0.15, 0.2) is 0 Å². The summed E-state index contributed by atoms with van der Waals surface area (Å²) in [6.07, 6.45) is 0.874. The quantitative estimate of drug-likeness (QED) is 0.737. The monoisotopic (exact) mass is 284 g/mol. The summed E-state index contributed by atoms with van der Waals surface area (Å²) < 4.78 is 4.92. The minimum absolute atomic E-state index is 0. The molecule has 0 bridgehead atoms. The van der Waals surface area contributed by atoms with Crippen LogP contribution >= 0.6 is 12.4 Å². The molecule has 2 rings (SSSR count). The molecule has 1 aliphatic rings. The lowest BCUT2D eigenvalue weighted by Gasteiger charge is -2.28. The Labute approximate surface area is 120 Å². The minimum Gasteiger partial charge on any atom is -0.383 e. The van der Waals surface area contributed by atoms with Gasteiger partial charge >= 0.3 is 0 Å². The molecule has 1 aromatic rings. The highest BCUT2D eigenvalue weighted by Crippen LogP contribution is 2.34. The Morgan fingerprint density at radius 2 is 2.11 bits per heavy atom. The predicted octanol–water partition coefficient (Wildman–Crippen LogP) is 1.10. The van der Waals surface area contributed by atoms with Crippen LogP contribution in [-0.2, 0) is 16.0 Å². The van der Waals surface area contributed by atoms with Gasteiger partial charge in [0.25, 0.3) is 0 Å². The van der Waals surface area contributed by atoms with Gasteiger partial charge in [0.05, 0.1) is 12.5 Å². The summed E-state index contributed by atoms with van der Waals surface area (Å²) in [6, 6.07) is 8.14. The molecule has 19 heavy (non-hydrogen) atoms. The molecule has 106 valence electrons. The van der Waals surface area contributed by atoms with Crippen molar-refractivity contribution >= 4 is 18.3 Å². The highest BCUT2D eigenvalue weighted by molar-refractivity contribution is 5.86. The number of methoxy groups -OCH3 is 1. The Kier molecular flexibility index (Phi) is 6.84. The van der Waals surface area contributed by atoms with Crippen molar-refractivity contribution < 1.29 is 9.53 Å². The van der Waals surface area contributed by atoms with Crippen LogP contribution < -0.4 is 10.6 Å². The summed E-state index contributed by atoms with van der Waals surface area (Å²) in [7, 11) is 1.68. The van der Waals surface area contributed by atoms with Gasteiger partial charge < -0.3 is 15.4 Å². The normalized spacial score (nSPS) is 15.9. The van der Waals surface area contributed by atoms with E-state index in [1.54, 1.807) is 7.11 Å². The van der Waals surface area contributed by atoms with Crippen LogP contribution in [0.25, 0.3) is 0 Å². The molecule has 0 heterocycles. The van der Waals surface area contributed by atoms with Gasteiger partial charge in [-0.1, -0.05) is 24.3 Å². The average Bonchev–Trinajstić information content (AvgIpc) is 2.35. The first-order valence-corrected chi connectivity index (χ1v) is 6.38. The van der Waals surface area contributed by atoms with Gasteiger partial charge in [0.2, 0.25) is 5.91 Å². The van der Waals surface area contributed by atoms with Crippen molar-refractivity contribution in [1.82, 2.24) is 10.6 Å². The summed E-state index contributed by atoms with van der Waals surface area (Å²) in [5.74, 6) is 0.197. The Hall–Kier alpha value is -1.10. The largest absolute Gasteiger partial charge is 0.383 e. The van der Waals surface area contributed by atoms with E-state index < -0.39 is 0 Å². The van der Waals surface area contributed by atoms with Crippen LogP contribution in [0, 0.1) is 0 Å². The third-order valence-corrected chi connectivity index (χ3v) is 3.26. The number of ether oxygens (including phenoxy) is 1. The number of fused-ring (bicyclic) bond motifs is 1. The molecule has 1 atom stereocenters. The second kappa shape index (κ2) is 8.15. The average molecular weight is 285 g/mol. The van der Waals surface area contributed by atoms with Crippen molar-refractivity contribution in [2.75, 3.05) is 33.4 Å². The van der Waals surface area contributed by atoms with Crippen molar-refractivity contribution in [3.8, 4) is 0 Å². The molecule has 0 aromatic heterocycles. The number of rotatable bonds is 7. The molecule has 5 heteroatoms. The van der Waals surface area contributed by atoms with Crippen LogP contribution in [0.1, 0.15) is 17.0 Å². The Morgan fingerprint density at radius 3 is 2.84 bits per heavy atom. The van der Waals surface area contributed by atoms with Crippen LogP contribution in [0.3, 0.4) is 0 Å². The topological polar surface area (TPSA) is 50.4 Å². The molecule has 1 amide bonds. The van der Waals surface area contributed by atoms with E-state index in [1.165, 1.54) is 11.1 Å². The van der Waals surface area contributed by atoms with Gasteiger partial charge in [0, 0.05) is 26.7 Å². The highest BCUT2D eigenvalue weighted by Gasteiger charge is 2.31. The number of hydrogen-bond donors (Lipinski definition) is 2. The first kappa shape index (κ1) is 16.0. The maximum atomic E-state index is 11.9. The van der Waals surface area contributed by atoms with Crippen molar-refractivity contribution in [1.29, 1.82) is 0 Å². The Morgan fingerprint density at radius 1 is 1.32 bits per heavy atom. The van der Waals surface area contributed by atoms with Crippen LogP contribution in [0.5, 0.6) is 0 Å². The van der Waals surface area contributed by atoms with Crippen molar-refractivity contribution in [2.45, 2.75) is 12.3 Å². The fourth-order valence-corrected chi connectivity index (χ4v) is 2.19. The predicted molar refractivity (Wildman–Crippen MR) is 77.9 cm³/mol. The second-order valence-electron chi connectivity index (χ2n) is 4.49. The fraction of sp³-hybridized carbons (Fsp3) is 0.500. The van der Waals surface area contributed by atoms with Gasteiger partial charge in [-0.15, -0.1) is 12.4 Å². The van der Waals surface area contributed by atoms with E-state index in [1.807, 2.05) is 18.2 Å². The molecule has 0 aliphatic heterocycles. The molecule has 1 unspecified atom stereocenters. The lowest BCUT2D eigenvalue weighted by atomic mass is 9.77. The van der Waals surface area contributed by atoms with Crippen LogP contribution in [0.2, 0.25) is 0 Å². The second-order valence-corrected chi connectivity index (χ2v) is 4.49. The molecular formula is C14H21ClN2O2. The van der Waals surface area contributed by atoms with Gasteiger partial charge in [-0.25, -0.2) is 0 Å². The zero-order valence-corrected chi connectivity index (χ0v) is 12.0. The number of nitrogens with one attached hydrogen (secondary N) is 2. The maximum absolute atomic E-state index is 11.9. The third kappa shape index (κ3) is 4.20.